The molecule has 0 N–H and O–H groups in total. The molecular weight excluding hydrogens is 476 g/mol. The second kappa shape index (κ2) is 14.8. The number of unbranched alkanes of at least 4 members (excludes halogenated alkanes) is 7. The summed E-state index contributed by atoms with van der Waals surface area (Å²) >= 11 is 4.55. The largest absolute Gasteiger partial charge is 0.494 e. The first-order valence-electron chi connectivity index (χ1n) is 14.8. The number of hydrogen-bond acceptors (Lipinski definition) is 3. The molecule has 3 heteroatoms. The summed E-state index contributed by atoms with van der Waals surface area (Å²) in [5, 5.41) is 0. The van der Waals surface area contributed by atoms with E-state index in [1.165, 1.54) is 99.7 Å². The van der Waals surface area contributed by atoms with E-state index in [9.17, 15) is 0 Å². The maximum absolute atomic E-state index is 5.99. The fraction of sp³-hybridized carbons (Fsp3) is 0.636. The van der Waals surface area contributed by atoms with Crippen molar-refractivity contribution in [2.45, 2.75) is 107 Å². The van der Waals surface area contributed by atoms with Crippen molar-refractivity contribution in [3.8, 4) is 16.9 Å². The van der Waals surface area contributed by atoms with Gasteiger partial charge >= 0.3 is 0 Å². The minimum absolute atomic E-state index is 0.422. The van der Waals surface area contributed by atoms with Crippen LogP contribution >= 0.6 is 23.5 Å². The van der Waals surface area contributed by atoms with Crippen molar-refractivity contribution in [2.24, 2.45) is 5.92 Å². The molecule has 0 radical (unpaired) electrons. The molecule has 1 saturated heterocycles. The first-order chi connectivity index (χ1) is 17.7. The summed E-state index contributed by atoms with van der Waals surface area (Å²) < 4.78 is 6.41. The Hall–Kier alpha value is -1.06. The second-order valence-electron chi connectivity index (χ2n) is 11.0. The van der Waals surface area contributed by atoms with Crippen molar-refractivity contribution in [1.82, 2.24) is 0 Å². The number of rotatable bonds is 14. The van der Waals surface area contributed by atoms with Crippen molar-refractivity contribution in [3.63, 3.8) is 0 Å². The van der Waals surface area contributed by atoms with Crippen LogP contribution in [-0.2, 0) is 0 Å². The SMILES string of the molecule is CCCCCCCCOc1ccc(-c2ccc([C@@H]3CC[C@@H](CCCCC)CC34SCCS4)cc2)cc1. The summed E-state index contributed by atoms with van der Waals surface area (Å²) in [6, 6.07) is 18.3. The zero-order chi connectivity index (χ0) is 25.1. The van der Waals surface area contributed by atoms with Gasteiger partial charge in [0.25, 0.3) is 0 Å². The first kappa shape index (κ1) is 28.0. The van der Waals surface area contributed by atoms with Crippen LogP contribution in [0.4, 0.5) is 0 Å². The lowest BCUT2D eigenvalue weighted by molar-refractivity contribution is 0.297. The van der Waals surface area contributed by atoms with Gasteiger partial charge < -0.3 is 4.74 Å². The lowest BCUT2D eigenvalue weighted by Gasteiger charge is -2.44. The molecule has 0 amide bonds. The lowest BCUT2D eigenvalue weighted by Crippen LogP contribution is -2.35. The van der Waals surface area contributed by atoms with Crippen LogP contribution in [-0.4, -0.2) is 22.2 Å². The summed E-state index contributed by atoms with van der Waals surface area (Å²) in [4.78, 5) is 0. The van der Waals surface area contributed by atoms with Gasteiger partial charge in [0.2, 0.25) is 0 Å². The van der Waals surface area contributed by atoms with Gasteiger partial charge in [0.1, 0.15) is 5.75 Å². The molecule has 0 unspecified atom stereocenters. The topological polar surface area (TPSA) is 9.23 Å². The third kappa shape index (κ3) is 7.73. The molecule has 1 saturated carbocycles. The van der Waals surface area contributed by atoms with E-state index < -0.39 is 0 Å². The average Bonchev–Trinajstić information content (AvgIpc) is 3.37. The van der Waals surface area contributed by atoms with E-state index in [1.807, 2.05) is 0 Å². The molecule has 4 rings (SSSR count). The van der Waals surface area contributed by atoms with Crippen molar-refractivity contribution in [1.29, 1.82) is 0 Å². The molecule has 2 aromatic carbocycles. The molecule has 2 aliphatic rings. The maximum atomic E-state index is 5.99. The minimum Gasteiger partial charge on any atom is -0.494 e. The van der Waals surface area contributed by atoms with Crippen LogP contribution in [0.5, 0.6) is 5.75 Å². The van der Waals surface area contributed by atoms with Crippen LogP contribution in [0.25, 0.3) is 11.1 Å². The standard InChI is InChI=1S/C33H48OS2/c1-3-5-7-8-9-11-23-34-31-20-18-29(19-21-31)28-14-16-30(17-15-28)32-22-13-27(12-10-6-4-2)26-33(32)35-24-25-36-33/h14-21,27,32H,3-13,22-26H2,1-2H3/t27-,32+/m1/s1. The molecule has 2 aromatic rings. The maximum Gasteiger partial charge on any atom is 0.119 e. The van der Waals surface area contributed by atoms with E-state index >= 15 is 0 Å². The summed E-state index contributed by atoms with van der Waals surface area (Å²) in [7, 11) is 0. The van der Waals surface area contributed by atoms with E-state index in [-0.39, 0.29) is 0 Å². The van der Waals surface area contributed by atoms with Gasteiger partial charge in [-0.05, 0) is 60.4 Å². The highest BCUT2D eigenvalue weighted by atomic mass is 32.2. The first-order valence-corrected chi connectivity index (χ1v) is 16.8. The van der Waals surface area contributed by atoms with Gasteiger partial charge in [-0.2, -0.15) is 0 Å². The molecule has 1 aliphatic carbocycles. The zero-order valence-electron chi connectivity index (χ0n) is 22.8. The van der Waals surface area contributed by atoms with Gasteiger partial charge in [0.15, 0.2) is 0 Å². The summed E-state index contributed by atoms with van der Waals surface area (Å²) in [6.45, 7) is 5.43. The van der Waals surface area contributed by atoms with Crippen LogP contribution in [0, 0.1) is 5.92 Å². The Kier molecular flexibility index (Phi) is 11.5. The number of ether oxygens (including phenoxy) is 1. The minimum atomic E-state index is 0.422. The van der Waals surface area contributed by atoms with Crippen LogP contribution in [0.1, 0.15) is 109 Å². The molecule has 0 aromatic heterocycles. The van der Waals surface area contributed by atoms with Crippen LogP contribution in [0.15, 0.2) is 48.5 Å². The molecule has 2 atom stereocenters. The van der Waals surface area contributed by atoms with E-state index in [0.717, 1.165) is 24.7 Å². The predicted molar refractivity (Wildman–Crippen MR) is 163 cm³/mol. The fourth-order valence-corrected chi connectivity index (χ4v) is 9.94. The van der Waals surface area contributed by atoms with Crippen molar-refractivity contribution >= 4 is 23.5 Å². The average molecular weight is 525 g/mol. The third-order valence-electron chi connectivity index (χ3n) is 8.23. The van der Waals surface area contributed by atoms with E-state index in [2.05, 4.69) is 85.9 Å². The van der Waals surface area contributed by atoms with Crippen molar-refractivity contribution in [2.75, 3.05) is 18.1 Å². The summed E-state index contributed by atoms with van der Waals surface area (Å²) in [5.41, 5.74) is 4.16. The van der Waals surface area contributed by atoms with Crippen molar-refractivity contribution in [3.05, 3.63) is 54.1 Å². The van der Waals surface area contributed by atoms with E-state index in [0.29, 0.717) is 10.00 Å². The van der Waals surface area contributed by atoms with Gasteiger partial charge in [-0.3, -0.25) is 0 Å². The van der Waals surface area contributed by atoms with Crippen LogP contribution in [0.3, 0.4) is 0 Å². The monoisotopic (exact) mass is 524 g/mol. The Bertz CT molecular complexity index is 870. The molecule has 1 aliphatic heterocycles. The lowest BCUT2D eigenvalue weighted by atomic mass is 9.76. The van der Waals surface area contributed by atoms with Gasteiger partial charge in [0.05, 0.1) is 10.7 Å². The van der Waals surface area contributed by atoms with Gasteiger partial charge in [-0.1, -0.05) is 108 Å². The normalized spacial score (nSPS) is 21.2. The highest BCUT2D eigenvalue weighted by Gasteiger charge is 2.47. The molecule has 1 nitrogen and oxygen atoms in total. The molecule has 198 valence electrons. The van der Waals surface area contributed by atoms with Crippen LogP contribution < -0.4 is 4.74 Å². The molecule has 0 bridgehead atoms. The van der Waals surface area contributed by atoms with Crippen LogP contribution in [0.2, 0.25) is 0 Å². The smallest absolute Gasteiger partial charge is 0.119 e. The Morgan fingerprint density at radius 2 is 1.33 bits per heavy atom. The Labute approximate surface area is 230 Å². The summed E-state index contributed by atoms with van der Waals surface area (Å²) in [5.74, 6) is 5.29. The zero-order valence-corrected chi connectivity index (χ0v) is 24.4. The Morgan fingerprint density at radius 3 is 2.03 bits per heavy atom. The van der Waals surface area contributed by atoms with E-state index in [1.54, 1.807) is 5.56 Å². The van der Waals surface area contributed by atoms with Gasteiger partial charge in [-0.15, -0.1) is 23.5 Å². The number of thioether (sulfide) groups is 2. The Morgan fingerprint density at radius 1 is 0.722 bits per heavy atom. The van der Waals surface area contributed by atoms with Gasteiger partial charge in [-0.25, -0.2) is 0 Å². The number of benzene rings is 2. The highest BCUT2D eigenvalue weighted by Crippen LogP contribution is 2.61. The molecule has 1 heterocycles. The highest BCUT2D eigenvalue weighted by molar-refractivity contribution is 8.21. The molecule has 1 spiro atoms. The van der Waals surface area contributed by atoms with Gasteiger partial charge in [0, 0.05) is 17.4 Å². The predicted octanol–water partition coefficient (Wildman–Crippen LogP) is 10.7. The molecule has 36 heavy (non-hydrogen) atoms. The van der Waals surface area contributed by atoms with Crippen molar-refractivity contribution < 1.29 is 4.74 Å². The molecular formula is C33H48OS2. The van der Waals surface area contributed by atoms with E-state index in [4.69, 9.17) is 4.74 Å². The third-order valence-corrected chi connectivity index (χ3v) is 11.9. The quantitative estimate of drug-likeness (QED) is 0.227. The molecule has 2 fully saturated rings. The Balaban J connectivity index is 1.31. The fourth-order valence-electron chi connectivity index (χ4n) is 6.13. The second-order valence-corrected chi connectivity index (χ2v) is 14.1. The summed E-state index contributed by atoms with van der Waals surface area (Å²) in [6.07, 6.45) is 17.6. The number of hydrogen-bond donors (Lipinski definition) is 0.